The van der Waals surface area contributed by atoms with Gasteiger partial charge in [0.15, 0.2) is 0 Å². The SMILES string of the molecule is CCOC(=O)[C@H]1[C@@H]2C(=O)N(CCCCCCO)[C@H](C(=O)Nc3ccc(OC)cc3)[C@H]2C=C[C@H]1CC. The smallest absolute Gasteiger partial charge is 0.310 e. The predicted octanol–water partition coefficient (Wildman–Crippen LogP) is 3.40. The monoisotopic (exact) mass is 486 g/mol. The van der Waals surface area contributed by atoms with E-state index in [1.54, 1.807) is 43.2 Å². The summed E-state index contributed by atoms with van der Waals surface area (Å²) in [4.78, 5) is 41.9. The fourth-order valence-electron chi connectivity index (χ4n) is 5.33. The molecule has 0 aromatic heterocycles. The number of aliphatic hydroxyl groups excluding tert-OH is 1. The predicted molar refractivity (Wildman–Crippen MR) is 133 cm³/mol. The maximum absolute atomic E-state index is 13.7. The van der Waals surface area contributed by atoms with Crippen LogP contribution < -0.4 is 10.1 Å². The number of carbonyl (C=O) groups is 3. The van der Waals surface area contributed by atoms with Crippen LogP contribution in [0.1, 0.15) is 46.0 Å². The number of aliphatic hydroxyl groups is 1. The molecule has 8 heteroatoms. The maximum atomic E-state index is 13.7. The van der Waals surface area contributed by atoms with E-state index < -0.39 is 23.8 Å². The fourth-order valence-corrected chi connectivity index (χ4v) is 5.33. The van der Waals surface area contributed by atoms with Crippen LogP contribution in [0.2, 0.25) is 0 Å². The van der Waals surface area contributed by atoms with Gasteiger partial charge in [0.05, 0.1) is 25.6 Å². The van der Waals surface area contributed by atoms with Crippen LogP contribution in [-0.2, 0) is 19.1 Å². The van der Waals surface area contributed by atoms with Crippen molar-refractivity contribution in [3.63, 3.8) is 0 Å². The summed E-state index contributed by atoms with van der Waals surface area (Å²) in [5.41, 5.74) is 0.614. The average Bonchev–Trinajstić information content (AvgIpc) is 3.15. The second kappa shape index (κ2) is 12.7. The quantitative estimate of drug-likeness (QED) is 0.267. The van der Waals surface area contributed by atoms with Crippen molar-refractivity contribution in [1.82, 2.24) is 4.90 Å². The largest absolute Gasteiger partial charge is 0.497 e. The molecule has 0 unspecified atom stereocenters. The summed E-state index contributed by atoms with van der Waals surface area (Å²) in [6.07, 6.45) is 7.79. The Morgan fingerprint density at radius 1 is 1.06 bits per heavy atom. The minimum absolute atomic E-state index is 0.103. The third-order valence-electron chi connectivity index (χ3n) is 7.08. The Balaban J connectivity index is 1.88. The Bertz CT molecular complexity index is 899. The van der Waals surface area contributed by atoms with Crippen molar-refractivity contribution in [3.05, 3.63) is 36.4 Å². The number of fused-ring (bicyclic) bond motifs is 1. The van der Waals surface area contributed by atoms with Gasteiger partial charge in [-0.25, -0.2) is 0 Å². The van der Waals surface area contributed by atoms with E-state index >= 15 is 0 Å². The molecule has 2 aliphatic rings. The number of likely N-dealkylation sites (tertiary alicyclic amines) is 1. The van der Waals surface area contributed by atoms with E-state index in [2.05, 4.69) is 5.32 Å². The van der Waals surface area contributed by atoms with Crippen molar-refractivity contribution < 1.29 is 29.0 Å². The molecule has 2 amide bonds. The van der Waals surface area contributed by atoms with Crippen LogP contribution >= 0.6 is 0 Å². The number of unbranched alkanes of at least 4 members (excludes halogenated alkanes) is 3. The number of nitrogens with zero attached hydrogens (tertiary/aromatic N) is 1. The summed E-state index contributed by atoms with van der Waals surface area (Å²) >= 11 is 0. The molecule has 1 heterocycles. The van der Waals surface area contributed by atoms with Gasteiger partial charge in [0, 0.05) is 24.8 Å². The molecule has 0 saturated carbocycles. The first-order valence-corrected chi connectivity index (χ1v) is 12.7. The third-order valence-corrected chi connectivity index (χ3v) is 7.08. The van der Waals surface area contributed by atoms with E-state index in [1.165, 1.54) is 0 Å². The molecule has 1 aromatic carbocycles. The number of hydrogen-bond acceptors (Lipinski definition) is 6. The number of carbonyl (C=O) groups excluding carboxylic acids is 3. The highest BCUT2D eigenvalue weighted by molar-refractivity contribution is 6.01. The zero-order chi connectivity index (χ0) is 25.4. The van der Waals surface area contributed by atoms with Crippen LogP contribution in [0.4, 0.5) is 5.69 Å². The maximum Gasteiger partial charge on any atom is 0.310 e. The normalized spacial score (nSPS) is 25.3. The first-order valence-electron chi connectivity index (χ1n) is 12.7. The lowest BCUT2D eigenvalue weighted by molar-refractivity contribution is -0.155. The summed E-state index contributed by atoms with van der Waals surface area (Å²) in [6, 6.07) is 6.34. The van der Waals surface area contributed by atoms with Crippen molar-refractivity contribution >= 4 is 23.5 Å². The number of benzene rings is 1. The van der Waals surface area contributed by atoms with Crippen molar-refractivity contribution in [2.24, 2.45) is 23.7 Å². The minimum atomic E-state index is -0.710. The lowest BCUT2D eigenvalue weighted by atomic mass is 9.69. The van der Waals surface area contributed by atoms with Gasteiger partial charge in [-0.1, -0.05) is 31.9 Å². The van der Waals surface area contributed by atoms with E-state index in [0.717, 1.165) is 19.3 Å². The summed E-state index contributed by atoms with van der Waals surface area (Å²) in [5, 5.41) is 12.0. The fraction of sp³-hybridized carbons (Fsp3) is 0.593. The Hall–Kier alpha value is -2.87. The first kappa shape index (κ1) is 26.7. The zero-order valence-corrected chi connectivity index (χ0v) is 20.9. The number of allylic oxidation sites excluding steroid dienone is 1. The van der Waals surface area contributed by atoms with E-state index in [4.69, 9.17) is 14.6 Å². The van der Waals surface area contributed by atoms with Gasteiger partial charge in [-0.3, -0.25) is 14.4 Å². The second-order valence-electron chi connectivity index (χ2n) is 9.17. The molecule has 1 aromatic rings. The Morgan fingerprint density at radius 3 is 2.40 bits per heavy atom. The lowest BCUT2D eigenvalue weighted by Gasteiger charge is -2.33. The molecular weight excluding hydrogens is 448 g/mol. The van der Waals surface area contributed by atoms with Gasteiger partial charge in [-0.05, 0) is 56.4 Å². The van der Waals surface area contributed by atoms with Crippen molar-refractivity contribution in [2.45, 2.75) is 52.0 Å². The van der Waals surface area contributed by atoms with E-state index in [0.29, 0.717) is 30.8 Å². The Labute approximate surface area is 207 Å². The van der Waals surface area contributed by atoms with Crippen molar-refractivity contribution in [1.29, 1.82) is 0 Å². The number of esters is 1. The minimum Gasteiger partial charge on any atom is -0.497 e. The second-order valence-corrected chi connectivity index (χ2v) is 9.17. The zero-order valence-electron chi connectivity index (χ0n) is 20.9. The standard InChI is InChI=1S/C27H38N2O6/c1-4-18-10-15-21-23(22(18)27(33)35-5-2)26(32)29(16-8-6-7-9-17-30)24(21)25(31)28-19-11-13-20(34-3)14-12-19/h10-15,18,21-24,30H,4-9,16-17H2,1-3H3,(H,28,31)/t18-,21+,22-,23-,24+/m1/s1. The van der Waals surface area contributed by atoms with Crippen LogP contribution in [0.3, 0.4) is 0 Å². The van der Waals surface area contributed by atoms with Crippen molar-refractivity contribution in [3.8, 4) is 5.75 Å². The molecule has 1 saturated heterocycles. The molecule has 1 aliphatic carbocycles. The van der Waals surface area contributed by atoms with Crippen LogP contribution in [0, 0.1) is 23.7 Å². The number of rotatable bonds is 12. The van der Waals surface area contributed by atoms with E-state index in [-0.39, 0.29) is 36.9 Å². The topological polar surface area (TPSA) is 105 Å². The Morgan fingerprint density at radius 2 is 1.77 bits per heavy atom. The van der Waals surface area contributed by atoms with Gasteiger partial charge in [0.2, 0.25) is 11.8 Å². The lowest BCUT2D eigenvalue weighted by Crippen LogP contribution is -2.44. The van der Waals surface area contributed by atoms with Gasteiger partial charge in [-0.15, -0.1) is 0 Å². The first-order chi connectivity index (χ1) is 17.0. The molecule has 192 valence electrons. The van der Waals surface area contributed by atoms with E-state index in [9.17, 15) is 14.4 Å². The summed E-state index contributed by atoms with van der Waals surface area (Å²) in [6.45, 7) is 4.57. The van der Waals surface area contributed by atoms with Crippen LogP contribution in [0.15, 0.2) is 36.4 Å². The van der Waals surface area contributed by atoms with Crippen LogP contribution in [-0.4, -0.2) is 60.7 Å². The number of ether oxygens (including phenoxy) is 2. The van der Waals surface area contributed by atoms with Crippen LogP contribution in [0.5, 0.6) is 5.75 Å². The van der Waals surface area contributed by atoms with Crippen molar-refractivity contribution in [2.75, 3.05) is 32.2 Å². The van der Waals surface area contributed by atoms with Gasteiger partial charge in [0.1, 0.15) is 11.8 Å². The summed E-state index contributed by atoms with van der Waals surface area (Å²) in [5.74, 6) is -1.84. The van der Waals surface area contributed by atoms with Gasteiger partial charge in [-0.2, -0.15) is 0 Å². The number of methoxy groups -OCH3 is 1. The number of nitrogens with one attached hydrogen (secondary N) is 1. The van der Waals surface area contributed by atoms with E-state index in [1.807, 2.05) is 19.1 Å². The molecule has 3 rings (SSSR count). The van der Waals surface area contributed by atoms with Gasteiger partial charge >= 0.3 is 5.97 Å². The van der Waals surface area contributed by atoms with Gasteiger partial charge < -0.3 is 24.8 Å². The Kier molecular flexibility index (Phi) is 9.72. The molecule has 35 heavy (non-hydrogen) atoms. The molecular formula is C27H38N2O6. The highest BCUT2D eigenvalue weighted by Gasteiger charge is 2.57. The number of amides is 2. The summed E-state index contributed by atoms with van der Waals surface area (Å²) in [7, 11) is 1.58. The number of hydrogen-bond donors (Lipinski definition) is 2. The molecule has 0 bridgehead atoms. The van der Waals surface area contributed by atoms with Gasteiger partial charge in [0.25, 0.3) is 0 Å². The number of anilines is 1. The molecule has 1 aliphatic heterocycles. The molecule has 8 nitrogen and oxygen atoms in total. The highest BCUT2D eigenvalue weighted by Crippen LogP contribution is 2.45. The average molecular weight is 487 g/mol. The molecule has 2 N–H and O–H groups in total. The highest BCUT2D eigenvalue weighted by atomic mass is 16.5. The summed E-state index contributed by atoms with van der Waals surface area (Å²) < 4.78 is 10.6. The third kappa shape index (κ3) is 6.04. The molecule has 0 radical (unpaired) electrons. The molecule has 5 atom stereocenters. The van der Waals surface area contributed by atoms with Crippen LogP contribution in [0.25, 0.3) is 0 Å². The molecule has 1 fully saturated rings. The molecule has 0 spiro atoms.